The summed E-state index contributed by atoms with van der Waals surface area (Å²) in [5.41, 5.74) is 0. The fraction of sp³-hybridized carbons (Fsp3) is 0.750. The third kappa shape index (κ3) is 2.72. The third-order valence-electron chi connectivity index (χ3n) is 2.28. The van der Waals surface area contributed by atoms with E-state index in [1.165, 1.54) is 0 Å². The lowest BCUT2D eigenvalue weighted by Gasteiger charge is -2.30. The molecule has 0 aromatic rings. The molecule has 0 saturated heterocycles. The quantitative estimate of drug-likeness (QED) is 0.467. The van der Waals surface area contributed by atoms with Gasteiger partial charge in [0.1, 0.15) is 0 Å². The number of quaternary nitrogens is 1. The first kappa shape index (κ1) is 12.6. The zero-order chi connectivity index (χ0) is 7.33. The van der Waals surface area contributed by atoms with E-state index < -0.39 is 0 Å². The van der Waals surface area contributed by atoms with Crippen molar-refractivity contribution in [3.05, 3.63) is 12.8 Å². The van der Waals surface area contributed by atoms with Gasteiger partial charge in [0.15, 0.2) is 0 Å². The van der Waals surface area contributed by atoms with Gasteiger partial charge in [-0.25, -0.2) is 0 Å². The smallest absolute Gasteiger partial charge is 0.0885 e. The maximum absolute atomic E-state index is 3.82. The molecule has 1 nitrogen and oxygen atoms in total. The van der Waals surface area contributed by atoms with Crippen LogP contribution >= 0.6 is 0 Å². The highest BCUT2D eigenvalue weighted by atomic mass is 35.5. The van der Waals surface area contributed by atoms with Gasteiger partial charge in [0.2, 0.25) is 0 Å². The highest BCUT2D eigenvalue weighted by Crippen LogP contribution is 2.04. The van der Waals surface area contributed by atoms with Crippen molar-refractivity contribution in [3.63, 3.8) is 0 Å². The molecule has 0 unspecified atom stereocenters. The Bertz CT molecular complexity index is 79.0. The Morgan fingerprint density at radius 1 is 1.10 bits per heavy atom. The van der Waals surface area contributed by atoms with E-state index in [2.05, 4.69) is 27.4 Å². The van der Waals surface area contributed by atoms with Gasteiger partial charge in [0.25, 0.3) is 0 Å². The molecule has 0 aliphatic heterocycles. The first-order valence-electron chi connectivity index (χ1n) is 3.74. The van der Waals surface area contributed by atoms with Crippen LogP contribution in [0, 0.1) is 0 Å². The van der Waals surface area contributed by atoms with E-state index in [9.17, 15) is 0 Å². The van der Waals surface area contributed by atoms with Gasteiger partial charge in [0.05, 0.1) is 25.8 Å². The van der Waals surface area contributed by atoms with E-state index in [1.54, 1.807) is 0 Å². The predicted molar refractivity (Wildman–Crippen MR) is 42.1 cm³/mol. The largest absolute Gasteiger partial charge is 1.00 e. The highest BCUT2D eigenvalue weighted by Gasteiger charge is 2.14. The second-order valence-electron chi connectivity index (χ2n) is 2.35. The van der Waals surface area contributed by atoms with Crippen LogP contribution in [0.2, 0.25) is 0 Å². The maximum atomic E-state index is 3.82. The van der Waals surface area contributed by atoms with Gasteiger partial charge in [-0.3, -0.25) is 4.48 Å². The lowest BCUT2D eigenvalue weighted by Crippen LogP contribution is -3.00. The molecule has 0 bridgehead atoms. The molecular formula is C8H18ClN. The lowest BCUT2D eigenvalue weighted by atomic mass is 10.4. The molecule has 0 saturated carbocycles. The van der Waals surface area contributed by atoms with Crippen LogP contribution in [-0.2, 0) is 0 Å². The summed E-state index contributed by atoms with van der Waals surface area (Å²) < 4.78 is 1.04. The molecule has 0 radical (unpaired) electrons. The monoisotopic (exact) mass is 163 g/mol. The lowest BCUT2D eigenvalue weighted by molar-refractivity contribution is -0.873. The van der Waals surface area contributed by atoms with Crippen LogP contribution in [0.25, 0.3) is 0 Å². The highest BCUT2D eigenvalue weighted by molar-refractivity contribution is 4.53. The van der Waals surface area contributed by atoms with Crippen molar-refractivity contribution < 1.29 is 16.9 Å². The average Bonchev–Trinajstić information content (AvgIpc) is 1.95. The summed E-state index contributed by atoms with van der Waals surface area (Å²) in [4.78, 5) is 0. The number of nitrogens with zero attached hydrogens (tertiary/aromatic N) is 1. The summed E-state index contributed by atoms with van der Waals surface area (Å²) in [6.45, 7) is 13.9. The first-order chi connectivity index (χ1) is 4.24. The maximum Gasteiger partial charge on any atom is 0.0885 e. The molecule has 0 heterocycles. The van der Waals surface area contributed by atoms with Crippen LogP contribution in [0.5, 0.6) is 0 Å². The summed E-state index contributed by atoms with van der Waals surface area (Å²) in [5, 5.41) is 0. The van der Waals surface area contributed by atoms with Gasteiger partial charge in [-0.05, 0) is 27.4 Å². The molecule has 0 spiro atoms. The molecule has 0 N–H and O–H groups in total. The second kappa shape index (κ2) is 5.75. The molecule has 0 aromatic carbocycles. The molecule has 0 aliphatic carbocycles. The average molecular weight is 164 g/mol. The third-order valence-corrected chi connectivity index (χ3v) is 2.28. The van der Waals surface area contributed by atoms with Crippen molar-refractivity contribution in [2.24, 2.45) is 0 Å². The van der Waals surface area contributed by atoms with Crippen molar-refractivity contribution >= 4 is 0 Å². The van der Waals surface area contributed by atoms with Crippen LogP contribution in [0.1, 0.15) is 20.8 Å². The minimum atomic E-state index is 0. The molecule has 62 valence electrons. The summed E-state index contributed by atoms with van der Waals surface area (Å²) in [5.74, 6) is 0. The number of halogens is 1. The van der Waals surface area contributed by atoms with E-state index in [0.29, 0.717) is 0 Å². The Morgan fingerprint density at radius 2 is 1.40 bits per heavy atom. The molecule has 0 atom stereocenters. The molecule has 10 heavy (non-hydrogen) atoms. The minimum Gasteiger partial charge on any atom is -1.00 e. The first-order valence-corrected chi connectivity index (χ1v) is 3.74. The van der Waals surface area contributed by atoms with Crippen molar-refractivity contribution in [1.82, 2.24) is 0 Å². The van der Waals surface area contributed by atoms with E-state index in [4.69, 9.17) is 0 Å². The Labute approximate surface area is 70.7 Å². The molecule has 0 aromatic heterocycles. The van der Waals surface area contributed by atoms with E-state index in [0.717, 1.165) is 24.1 Å². The van der Waals surface area contributed by atoms with Gasteiger partial charge < -0.3 is 12.4 Å². The van der Waals surface area contributed by atoms with Crippen LogP contribution in [-0.4, -0.2) is 24.1 Å². The van der Waals surface area contributed by atoms with E-state index in [1.807, 2.05) is 6.20 Å². The summed E-state index contributed by atoms with van der Waals surface area (Å²) in [7, 11) is 0. The number of hydrogen-bond acceptors (Lipinski definition) is 0. The zero-order valence-electron chi connectivity index (χ0n) is 7.23. The van der Waals surface area contributed by atoms with Gasteiger partial charge in [0, 0.05) is 0 Å². The molecule has 2 heteroatoms. The second-order valence-corrected chi connectivity index (χ2v) is 2.35. The molecule has 0 amide bonds. The Hall–Kier alpha value is -0.0100. The van der Waals surface area contributed by atoms with Crippen molar-refractivity contribution in [2.45, 2.75) is 20.8 Å². The fourth-order valence-corrected chi connectivity index (χ4v) is 1.06. The van der Waals surface area contributed by atoms with Gasteiger partial charge in [-0.15, -0.1) is 0 Å². The van der Waals surface area contributed by atoms with Crippen molar-refractivity contribution in [3.8, 4) is 0 Å². The van der Waals surface area contributed by atoms with E-state index >= 15 is 0 Å². The Balaban J connectivity index is 0. The zero-order valence-corrected chi connectivity index (χ0v) is 7.99. The number of rotatable bonds is 4. The summed E-state index contributed by atoms with van der Waals surface area (Å²) in [6.07, 6.45) is 2.04. The number of hydrogen-bond donors (Lipinski definition) is 0. The molecule has 0 fully saturated rings. The van der Waals surface area contributed by atoms with Crippen LogP contribution in [0.4, 0.5) is 0 Å². The SMILES string of the molecule is C=C[N+](CC)(CC)CC.[Cl-]. The van der Waals surface area contributed by atoms with E-state index in [-0.39, 0.29) is 12.4 Å². The Kier molecular flexibility index (Phi) is 7.27. The Morgan fingerprint density at radius 3 is 1.40 bits per heavy atom. The molecule has 0 aliphatic rings. The fourth-order valence-electron chi connectivity index (χ4n) is 1.06. The predicted octanol–water partition coefficient (Wildman–Crippen LogP) is -0.990. The standard InChI is InChI=1S/C8H18N.ClH/c1-5-9(6-2,7-3)8-4;/h5H,1,6-8H2,2-4H3;1H/q+1;/p-1. The van der Waals surface area contributed by atoms with Gasteiger partial charge in [-0.1, -0.05) is 0 Å². The van der Waals surface area contributed by atoms with Crippen molar-refractivity contribution in [1.29, 1.82) is 0 Å². The van der Waals surface area contributed by atoms with Crippen LogP contribution in [0.15, 0.2) is 12.8 Å². The van der Waals surface area contributed by atoms with Gasteiger partial charge in [-0.2, -0.15) is 0 Å². The topological polar surface area (TPSA) is 0 Å². The van der Waals surface area contributed by atoms with Crippen LogP contribution < -0.4 is 12.4 Å². The minimum absolute atomic E-state index is 0. The van der Waals surface area contributed by atoms with Crippen molar-refractivity contribution in [2.75, 3.05) is 19.6 Å². The molecule has 0 rings (SSSR count). The molecular weight excluding hydrogens is 146 g/mol. The normalized spacial score (nSPS) is 10.3. The summed E-state index contributed by atoms with van der Waals surface area (Å²) >= 11 is 0. The van der Waals surface area contributed by atoms with Gasteiger partial charge >= 0.3 is 0 Å². The summed E-state index contributed by atoms with van der Waals surface area (Å²) in [6, 6.07) is 0. The van der Waals surface area contributed by atoms with Crippen LogP contribution in [0.3, 0.4) is 0 Å².